The number of hydrogen-bond acceptors (Lipinski definition) is 1. The zero-order chi connectivity index (χ0) is 28.5. The molecule has 0 bridgehead atoms. The van der Waals surface area contributed by atoms with Crippen LogP contribution >= 0.6 is 0 Å². The first-order chi connectivity index (χ1) is 20.7. The van der Waals surface area contributed by atoms with Crippen LogP contribution in [0, 0.1) is 0 Å². The fourth-order valence-electron chi connectivity index (χ4n) is 5.99. The third kappa shape index (κ3) is 4.84. The van der Waals surface area contributed by atoms with E-state index in [4.69, 9.17) is 0 Å². The van der Waals surface area contributed by atoms with E-state index in [0.717, 1.165) is 11.4 Å². The van der Waals surface area contributed by atoms with Gasteiger partial charge in [-0.1, -0.05) is 135 Å². The molecule has 7 aromatic carbocycles. The highest BCUT2D eigenvalue weighted by molar-refractivity contribution is 6.08. The van der Waals surface area contributed by atoms with Gasteiger partial charge < -0.3 is 4.90 Å². The summed E-state index contributed by atoms with van der Waals surface area (Å²) in [5.74, 6) is 0.438. The highest BCUT2D eigenvalue weighted by atomic mass is 15.1. The fourth-order valence-corrected chi connectivity index (χ4v) is 5.99. The molecule has 0 saturated heterocycles. The second-order valence-corrected chi connectivity index (χ2v) is 11.2. The number of anilines is 3. The van der Waals surface area contributed by atoms with Gasteiger partial charge in [-0.2, -0.15) is 0 Å². The molecule has 7 rings (SSSR count). The van der Waals surface area contributed by atoms with Crippen molar-refractivity contribution in [3.8, 4) is 22.3 Å². The Labute approximate surface area is 248 Å². The van der Waals surface area contributed by atoms with Gasteiger partial charge in [0.25, 0.3) is 0 Å². The van der Waals surface area contributed by atoms with Crippen molar-refractivity contribution in [2.45, 2.75) is 19.8 Å². The van der Waals surface area contributed by atoms with E-state index in [9.17, 15) is 0 Å². The summed E-state index contributed by atoms with van der Waals surface area (Å²) in [4.78, 5) is 2.42. The second kappa shape index (κ2) is 11.0. The molecule has 0 spiro atoms. The van der Waals surface area contributed by atoms with Crippen LogP contribution < -0.4 is 4.90 Å². The van der Waals surface area contributed by atoms with Crippen molar-refractivity contribution in [3.05, 3.63) is 163 Å². The maximum absolute atomic E-state index is 2.42. The van der Waals surface area contributed by atoms with Crippen molar-refractivity contribution in [2.24, 2.45) is 0 Å². The third-order valence-corrected chi connectivity index (χ3v) is 8.21. The summed E-state index contributed by atoms with van der Waals surface area (Å²) in [7, 11) is 0. The number of fused-ring (bicyclic) bond motifs is 2. The largest absolute Gasteiger partial charge is 0.310 e. The zero-order valence-corrected chi connectivity index (χ0v) is 24.0. The molecule has 0 aliphatic carbocycles. The minimum absolute atomic E-state index is 0.438. The van der Waals surface area contributed by atoms with E-state index in [0.29, 0.717) is 5.92 Å². The topological polar surface area (TPSA) is 3.24 Å². The lowest BCUT2D eigenvalue weighted by Crippen LogP contribution is -2.11. The summed E-state index contributed by atoms with van der Waals surface area (Å²) in [5.41, 5.74) is 9.69. The standard InChI is InChI=1S/C41H33N/c1-29(2)34-17-8-18-38(28-34)42(37-25-23-32(24-26-37)30-11-4-3-5-12-30)40-20-10-16-33-15-9-19-39(41(33)40)36-22-21-31-13-6-7-14-35(31)27-36/h3-29H,1-2H3. The number of benzene rings is 7. The Bertz CT molecular complexity index is 2000. The van der Waals surface area contributed by atoms with Crippen LogP contribution in [0.5, 0.6) is 0 Å². The van der Waals surface area contributed by atoms with Crippen LogP contribution in [-0.4, -0.2) is 0 Å². The molecule has 0 N–H and O–H groups in total. The number of nitrogens with zero attached hydrogens (tertiary/aromatic N) is 1. The third-order valence-electron chi connectivity index (χ3n) is 8.21. The molecule has 7 aromatic rings. The van der Waals surface area contributed by atoms with Crippen molar-refractivity contribution < 1.29 is 0 Å². The molecule has 0 saturated carbocycles. The minimum Gasteiger partial charge on any atom is -0.310 e. The van der Waals surface area contributed by atoms with E-state index in [-0.39, 0.29) is 0 Å². The molecule has 0 fully saturated rings. The molecule has 0 unspecified atom stereocenters. The smallest absolute Gasteiger partial charge is 0.0546 e. The molecule has 1 nitrogen and oxygen atoms in total. The summed E-state index contributed by atoms with van der Waals surface area (Å²) in [5, 5.41) is 4.98. The van der Waals surface area contributed by atoms with Gasteiger partial charge in [0.1, 0.15) is 0 Å². The van der Waals surface area contributed by atoms with Gasteiger partial charge in [0.2, 0.25) is 0 Å². The predicted octanol–water partition coefficient (Wildman–Crippen LogP) is 11.9. The molecule has 0 amide bonds. The van der Waals surface area contributed by atoms with Crippen LogP contribution in [0.3, 0.4) is 0 Å². The Morgan fingerprint density at radius 3 is 1.86 bits per heavy atom. The van der Waals surface area contributed by atoms with Crippen LogP contribution in [0.1, 0.15) is 25.3 Å². The Morgan fingerprint density at radius 1 is 0.429 bits per heavy atom. The summed E-state index contributed by atoms with van der Waals surface area (Å²) in [6.07, 6.45) is 0. The molecular weight excluding hydrogens is 506 g/mol. The zero-order valence-electron chi connectivity index (χ0n) is 24.0. The summed E-state index contributed by atoms with van der Waals surface area (Å²) in [6, 6.07) is 57.3. The first-order valence-corrected chi connectivity index (χ1v) is 14.7. The van der Waals surface area contributed by atoms with Crippen molar-refractivity contribution in [2.75, 3.05) is 4.90 Å². The molecule has 0 aromatic heterocycles. The van der Waals surface area contributed by atoms with Crippen molar-refractivity contribution in [1.82, 2.24) is 0 Å². The Morgan fingerprint density at radius 2 is 1.07 bits per heavy atom. The lowest BCUT2D eigenvalue weighted by Gasteiger charge is -2.28. The molecule has 0 atom stereocenters. The van der Waals surface area contributed by atoms with Crippen LogP contribution in [0.25, 0.3) is 43.8 Å². The van der Waals surface area contributed by atoms with Crippen LogP contribution in [0.2, 0.25) is 0 Å². The molecular formula is C41H33N. The monoisotopic (exact) mass is 539 g/mol. The molecule has 0 aliphatic rings. The van der Waals surface area contributed by atoms with Gasteiger partial charge in [0, 0.05) is 16.8 Å². The maximum Gasteiger partial charge on any atom is 0.0546 e. The lowest BCUT2D eigenvalue weighted by atomic mass is 9.94. The van der Waals surface area contributed by atoms with Gasteiger partial charge in [0.15, 0.2) is 0 Å². The van der Waals surface area contributed by atoms with E-state index in [1.807, 2.05) is 0 Å². The van der Waals surface area contributed by atoms with Gasteiger partial charge in [-0.15, -0.1) is 0 Å². The minimum atomic E-state index is 0.438. The normalized spacial score (nSPS) is 11.3. The number of rotatable bonds is 6. The maximum atomic E-state index is 2.42. The summed E-state index contributed by atoms with van der Waals surface area (Å²) in [6.45, 7) is 4.52. The van der Waals surface area contributed by atoms with E-state index < -0.39 is 0 Å². The molecule has 0 heterocycles. The van der Waals surface area contributed by atoms with Gasteiger partial charge in [-0.05, 0) is 86.3 Å². The SMILES string of the molecule is CC(C)c1cccc(N(c2ccc(-c3ccccc3)cc2)c2cccc3cccc(-c4ccc5ccccc5c4)c23)c1. The lowest BCUT2D eigenvalue weighted by molar-refractivity contribution is 0.866. The van der Waals surface area contributed by atoms with E-state index in [1.54, 1.807) is 0 Å². The Hall–Kier alpha value is -5.14. The molecule has 202 valence electrons. The van der Waals surface area contributed by atoms with Crippen molar-refractivity contribution >= 4 is 38.6 Å². The summed E-state index contributed by atoms with van der Waals surface area (Å²) >= 11 is 0. The summed E-state index contributed by atoms with van der Waals surface area (Å²) < 4.78 is 0. The van der Waals surface area contributed by atoms with Crippen LogP contribution in [-0.2, 0) is 0 Å². The van der Waals surface area contributed by atoms with Crippen molar-refractivity contribution in [1.29, 1.82) is 0 Å². The highest BCUT2D eigenvalue weighted by Gasteiger charge is 2.19. The van der Waals surface area contributed by atoms with E-state index in [1.165, 1.54) is 55.0 Å². The van der Waals surface area contributed by atoms with E-state index in [2.05, 4.69) is 176 Å². The first-order valence-electron chi connectivity index (χ1n) is 14.7. The Kier molecular flexibility index (Phi) is 6.78. The second-order valence-electron chi connectivity index (χ2n) is 11.2. The average molecular weight is 540 g/mol. The Balaban J connectivity index is 1.45. The average Bonchev–Trinajstić information content (AvgIpc) is 3.05. The van der Waals surface area contributed by atoms with Gasteiger partial charge in [0.05, 0.1) is 5.69 Å². The van der Waals surface area contributed by atoms with Crippen LogP contribution in [0.4, 0.5) is 17.1 Å². The van der Waals surface area contributed by atoms with Gasteiger partial charge in [-0.3, -0.25) is 0 Å². The molecule has 0 radical (unpaired) electrons. The number of hydrogen-bond donors (Lipinski definition) is 0. The molecule has 0 aliphatic heterocycles. The first kappa shape index (κ1) is 25.8. The van der Waals surface area contributed by atoms with Gasteiger partial charge in [-0.25, -0.2) is 0 Å². The van der Waals surface area contributed by atoms with Crippen molar-refractivity contribution in [3.63, 3.8) is 0 Å². The van der Waals surface area contributed by atoms with Crippen LogP contribution in [0.15, 0.2) is 158 Å². The van der Waals surface area contributed by atoms with E-state index >= 15 is 0 Å². The van der Waals surface area contributed by atoms with Gasteiger partial charge >= 0.3 is 0 Å². The fraction of sp³-hybridized carbons (Fsp3) is 0.0732. The quantitative estimate of drug-likeness (QED) is 0.203. The highest BCUT2D eigenvalue weighted by Crippen LogP contribution is 2.43. The molecule has 1 heteroatoms. The molecule has 42 heavy (non-hydrogen) atoms. The predicted molar refractivity (Wildman–Crippen MR) is 181 cm³/mol.